The second kappa shape index (κ2) is 6.43. The normalized spacial score (nSPS) is 13.1. The minimum atomic E-state index is 0.0226. The van der Waals surface area contributed by atoms with Crippen molar-refractivity contribution in [3.8, 4) is 23.0 Å². The third-order valence-electron chi connectivity index (χ3n) is 3.77. The summed E-state index contributed by atoms with van der Waals surface area (Å²) < 4.78 is 0. The molecule has 2 rings (SSSR count). The van der Waals surface area contributed by atoms with E-state index < -0.39 is 0 Å². The average Bonchev–Trinajstić information content (AvgIpc) is 2.44. The lowest BCUT2D eigenvalue weighted by Crippen LogP contribution is -2.01. The first kappa shape index (κ1) is 15.8. The summed E-state index contributed by atoms with van der Waals surface area (Å²) >= 11 is 0. The number of phenolic OH excluding ortho intramolecular Hbond substituents is 4. The van der Waals surface area contributed by atoms with Gasteiger partial charge in [0.25, 0.3) is 0 Å². The van der Waals surface area contributed by atoms with Crippen LogP contribution in [0.5, 0.6) is 23.0 Å². The highest BCUT2D eigenvalue weighted by atomic mass is 16.3. The van der Waals surface area contributed by atoms with Crippen LogP contribution in [0.3, 0.4) is 0 Å². The standard InChI is InChI=1S/C18H20O4/c1-11(7-13-3-5-15(19)9-17(13)21)12(2)8-14-4-6-16(20)10-18(14)22/h3-7,9-10,12,19-22H,8H2,1-2H3/b11-7+. The van der Waals surface area contributed by atoms with Crippen molar-refractivity contribution in [3.63, 3.8) is 0 Å². The van der Waals surface area contributed by atoms with Gasteiger partial charge in [0, 0.05) is 17.7 Å². The van der Waals surface area contributed by atoms with Crippen molar-refractivity contribution >= 4 is 6.08 Å². The van der Waals surface area contributed by atoms with Gasteiger partial charge in [-0.1, -0.05) is 24.6 Å². The number of phenols is 4. The van der Waals surface area contributed by atoms with E-state index in [2.05, 4.69) is 0 Å². The molecule has 0 fully saturated rings. The summed E-state index contributed by atoms with van der Waals surface area (Å²) in [5.41, 5.74) is 2.43. The third kappa shape index (κ3) is 3.73. The molecule has 0 radical (unpaired) electrons. The number of rotatable bonds is 4. The van der Waals surface area contributed by atoms with Gasteiger partial charge in [0.15, 0.2) is 0 Å². The van der Waals surface area contributed by atoms with Crippen molar-refractivity contribution in [1.29, 1.82) is 0 Å². The first-order valence-corrected chi connectivity index (χ1v) is 7.08. The van der Waals surface area contributed by atoms with Crippen LogP contribution in [0.2, 0.25) is 0 Å². The molecule has 2 aromatic rings. The summed E-state index contributed by atoms with van der Waals surface area (Å²) in [6.45, 7) is 3.98. The molecule has 0 spiro atoms. The Hall–Kier alpha value is -2.62. The van der Waals surface area contributed by atoms with Crippen molar-refractivity contribution in [2.24, 2.45) is 5.92 Å². The SMILES string of the molecule is C/C(=C\c1ccc(O)cc1O)C(C)Cc1ccc(O)cc1O. The van der Waals surface area contributed by atoms with E-state index in [1.807, 2.05) is 19.9 Å². The Morgan fingerprint density at radius 1 is 0.955 bits per heavy atom. The molecular formula is C18H20O4. The number of allylic oxidation sites excluding steroid dienone is 1. The molecule has 2 aromatic carbocycles. The minimum Gasteiger partial charge on any atom is -0.508 e. The maximum Gasteiger partial charge on any atom is 0.126 e. The van der Waals surface area contributed by atoms with Crippen LogP contribution in [0.1, 0.15) is 25.0 Å². The molecule has 0 saturated heterocycles. The summed E-state index contributed by atoms with van der Waals surface area (Å²) in [6.07, 6.45) is 2.48. The van der Waals surface area contributed by atoms with Gasteiger partial charge in [-0.25, -0.2) is 0 Å². The predicted molar refractivity (Wildman–Crippen MR) is 86.1 cm³/mol. The van der Waals surface area contributed by atoms with Gasteiger partial charge < -0.3 is 20.4 Å². The van der Waals surface area contributed by atoms with Crippen LogP contribution < -0.4 is 0 Å². The van der Waals surface area contributed by atoms with Gasteiger partial charge in [-0.15, -0.1) is 0 Å². The molecule has 0 aliphatic rings. The van der Waals surface area contributed by atoms with E-state index in [0.29, 0.717) is 12.0 Å². The fraction of sp³-hybridized carbons (Fsp3) is 0.222. The van der Waals surface area contributed by atoms with Crippen LogP contribution in [-0.2, 0) is 6.42 Å². The highest BCUT2D eigenvalue weighted by Gasteiger charge is 2.11. The fourth-order valence-corrected chi connectivity index (χ4v) is 2.26. The van der Waals surface area contributed by atoms with E-state index in [0.717, 1.165) is 11.1 Å². The van der Waals surface area contributed by atoms with Gasteiger partial charge in [-0.2, -0.15) is 0 Å². The number of hydrogen-bond acceptors (Lipinski definition) is 4. The van der Waals surface area contributed by atoms with E-state index in [9.17, 15) is 20.4 Å². The van der Waals surface area contributed by atoms with Crippen molar-refractivity contribution in [1.82, 2.24) is 0 Å². The molecular weight excluding hydrogens is 280 g/mol. The maximum absolute atomic E-state index is 9.84. The lowest BCUT2D eigenvalue weighted by Gasteiger charge is -2.14. The van der Waals surface area contributed by atoms with Gasteiger partial charge in [-0.05, 0) is 43.0 Å². The molecule has 0 aromatic heterocycles. The Morgan fingerprint density at radius 2 is 1.55 bits per heavy atom. The van der Waals surface area contributed by atoms with Gasteiger partial charge in [0.1, 0.15) is 23.0 Å². The molecule has 0 aliphatic heterocycles. The summed E-state index contributed by atoms with van der Waals surface area (Å²) in [5, 5.41) is 38.3. The topological polar surface area (TPSA) is 80.9 Å². The van der Waals surface area contributed by atoms with Crippen LogP contribution in [0.25, 0.3) is 6.08 Å². The van der Waals surface area contributed by atoms with Crippen LogP contribution in [0.15, 0.2) is 42.0 Å². The summed E-state index contributed by atoms with van der Waals surface area (Å²) in [6, 6.07) is 9.05. The Labute approximate surface area is 129 Å². The molecule has 1 atom stereocenters. The van der Waals surface area contributed by atoms with Gasteiger partial charge in [-0.3, -0.25) is 0 Å². The monoisotopic (exact) mass is 300 g/mol. The highest BCUT2D eigenvalue weighted by Crippen LogP contribution is 2.29. The van der Waals surface area contributed by atoms with E-state index in [1.54, 1.807) is 18.2 Å². The molecule has 4 N–H and O–H groups in total. The van der Waals surface area contributed by atoms with Crippen LogP contribution in [-0.4, -0.2) is 20.4 Å². The van der Waals surface area contributed by atoms with Crippen LogP contribution >= 0.6 is 0 Å². The Bertz CT molecular complexity index is 704. The lowest BCUT2D eigenvalue weighted by atomic mass is 9.92. The summed E-state index contributed by atoms with van der Waals surface area (Å²) in [5.74, 6) is 0.305. The first-order chi connectivity index (χ1) is 10.4. The van der Waals surface area contributed by atoms with E-state index in [-0.39, 0.29) is 28.9 Å². The van der Waals surface area contributed by atoms with Crippen molar-refractivity contribution in [2.75, 3.05) is 0 Å². The van der Waals surface area contributed by atoms with Gasteiger partial charge in [0.2, 0.25) is 0 Å². The van der Waals surface area contributed by atoms with Crippen LogP contribution in [0, 0.1) is 5.92 Å². The summed E-state index contributed by atoms with van der Waals surface area (Å²) in [4.78, 5) is 0. The van der Waals surface area contributed by atoms with E-state index in [4.69, 9.17) is 0 Å². The zero-order valence-corrected chi connectivity index (χ0v) is 12.6. The second-order valence-electron chi connectivity index (χ2n) is 5.55. The lowest BCUT2D eigenvalue weighted by molar-refractivity contribution is 0.443. The van der Waals surface area contributed by atoms with Crippen molar-refractivity contribution in [2.45, 2.75) is 20.3 Å². The predicted octanol–water partition coefficient (Wildman–Crippen LogP) is 3.79. The molecule has 0 aliphatic carbocycles. The maximum atomic E-state index is 9.84. The fourth-order valence-electron chi connectivity index (χ4n) is 2.26. The second-order valence-corrected chi connectivity index (χ2v) is 5.55. The van der Waals surface area contributed by atoms with E-state index in [1.165, 1.54) is 18.2 Å². The van der Waals surface area contributed by atoms with Crippen molar-refractivity contribution < 1.29 is 20.4 Å². The molecule has 22 heavy (non-hydrogen) atoms. The molecule has 0 saturated carbocycles. The van der Waals surface area contributed by atoms with Gasteiger partial charge in [0.05, 0.1) is 0 Å². The third-order valence-corrected chi connectivity index (χ3v) is 3.77. The quantitative estimate of drug-likeness (QED) is 0.692. The van der Waals surface area contributed by atoms with Gasteiger partial charge >= 0.3 is 0 Å². The van der Waals surface area contributed by atoms with Crippen LogP contribution in [0.4, 0.5) is 0 Å². The Morgan fingerprint density at radius 3 is 2.14 bits per heavy atom. The zero-order valence-electron chi connectivity index (χ0n) is 12.6. The van der Waals surface area contributed by atoms with Crippen molar-refractivity contribution in [3.05, 3.63) is 53.1 Å². The number of benzene rings is 2. The largest absolute Gasteiger partial charge is 0.508 e. The number of hydrogen-bond donors (Lipinski definition) is 4. The first-order valence-electron chi connectivity index (χ1n) is 7.08. The minimum absolute atomic E-state index is 0.0226. The summed E-state index contributed by atoms with van der Waals surface area (Å²) in [7, 11) is 0. The van der Waals surface area contributed by atoms with E-state index >= 15 is 0 Å². The molecule has 4 nitrogen and oxygen atoms in total. The zero-order chi connectivity index (χ0) is 16.3. The molecule has 0 heterocycles. The smallest absolute Gasteiger partial charge is 0.126 e. The molecule has 0 amide bonds. The molecule has 1 unspecified atom stereocenters. The molecule has 116 valence electrons. The molecule has 0 bridgehead atoms. The Balaban J connectivity index is 2.17. The molecule has 4 heteroatoms. The highest BCUT2D eigenvalue weighted by molar-refractivity contribution is 5.61. The average molecular weight is 300 g/mol. The number of aromatic hydroxyl groups is 4. The Kier molecular flexibility index (Phi) is 4.61.